The van der Waals surface area contributed by atoms with E-state index < -0.39 is 0 Å². The van der Waals surface area contributed by atoms with Crippen LogP contribution in [0.15, 0.2) is 48.1 Å². The van der Waals surface area contributed by atoms with Gasteiger partial charge in [0.05, 0.1) is 12.6 Å². The SMILES string of the molecule is C/C=C(C)\C=C/CCl.CC.CC.CCC(C)C1NC[C@@H](C)Oc2ccccc2CCCNC(=O)CNCCN(C)C1=O. The van der Waals surface area contributed by atoms with E-state index in [1.54, 1.807) is 4.90 Å². The van der Waals surface area contributed by atoms with Crippen LogP contribution < -0.4 is 20.7 Å². The summed E-state index contributed by atoms with van der Waals surface area (Å²) in [6, 6.07) is 7.77. The average Bonchev–Trinajstić information content (AvgIpc) is 3.02. The van der Waals surface area contributed by atoms with Gasteiger partial charge in [-0.15, -0.1) is 11.6 Å². The van der Waals surface area contributed by atoms with Gasteiger partial charge in [-0.2, -0.15) is 0 Å². The van der Waals surface area contributed by atoms with Crippen molar-refractivity contribution in [3.05, 3.63) is 53.6 Å². The van der Waals surface area contributed by atoms with Gasteiger partial charge in [0.1, 0.15) is 11.9 Å². The monoisotopic (exact) mass is 608 g/mol. The van der Waals surface area contributed by atoms with E-state index in [0.29, 0.717) is 32.1 Å². The van der Waals surface area contributed by atoms with Gasteiger partial charge >= 0.3 is 0 Å². The number of ether oxygens (including phenoxy) is 1. The molecule has 0 aromatic heterocycles. The van der Waals surface area contributed by atoms with Crippen LogP contribution in [0.3, 0.4) is 0 Å². The number of fused-ring (bicyclic) bond motifs is 1. The zero-order valence-electron chi connectivity index (χ0n) is 28.2. The van der Waals surface area contributed by atoms with E-state index in [1.807, 2.05) is 91.9 Å². The van der Waals surface area contributed by atoms with Crippen LogP contribution in [0.4, 0.5) is 0 Å². The summed E-state index contributed by atoms with van der Waals surface area (Å²) in [6.07, 6.45) is 8.51. The Bertz CT molecular complexity index is 891. The average molecular weight is 609 g/mol. The molecule has 1 aromatic carbocycles. The van der Waals surface area contributed by atoms with E-state index in [1.165, 1.54) is 5.57 Å². The first-order chi connectivity index (χ1) is 20.2. The molecular weight excluding hydrogens is 548 g/mol. The van der Waals surface area contributed by atoms with E-state index in [2.05, 4.69) is 35.9 Å². The highest BCUT2D eigenvalue weighted by atomic mass is 35.5. The van der Waals surface area contributed by atoms with Crippen molar-refractivity contribution >= 4 is 23.4 Å². The number of nitrogens with zero attached hydrogens (tertiary/aromatic N) is 1. The van der Waals surface area contributed by atoms with Gasteiger partial charge in [-0.1, -0.05) is 90.0 Å². The lowest BCUT2D eigenvalue weighted by Gasteiger charge is -2.30. The van der Waals surface area contributed by atoms with Crippen LogP contribution >= 0.6 is 11.6 Å². The molecule has 3 N–H and O–H groups in total. The number of carbonyl (C=O) groups excluding carboxylic acids is 2. The van der Waals surface area contributed by atoms with E-state index in [-0.39, 0.29) is 36.4 Å². The Morgan fingerprint density at radius 2 is 1.83 bits per heavy atom. The first-order valence-electron chi connectivity index (χ1n) is 15.8. The van der Waals surface area contributed by atoms with Gasteiger partial charge < -0.3 is 25.6 Å². The van der Waals surface area contributed by atoms with E-state index in [0.717, 1.165) is 30.6 Å². The zero-order valence-corrected chi connectivity index (χ0v) is 28.9. The molecule has 0 fully saturated rings. The molecule has 8 heteroatoms. The number of nitrogens with one attached hydrogen (secondary N) is 3. The fraction of sp³-hybridized carbons (Fsp3) is 0.647. The molecule has 0 aliphatic carbocycles. The highest BCUT2D eigenvalue weighted by Gasteiger charge is 2.27. The molecule has 1 aliphatic rings. The summed E-state index contributed by atoms with van der Waals surface area (Å²) >= 11 is 5.39. The summed E-state index contributed by atoms with van der Waals surface area (Å²) < 4.78 is 6.20. The third kappa shape index (κ3) is 19.0. The Balaban J connectivity index is 0. The first-order valence-corrected chi connectivity index (χ1v) is 16.3. The van der Waals surface area contributed by atoms with Gasteiger partial charge in [-0.25, -0.2) is 0 Å². The van der Waals surface area contributed by atoms with Crippen molar-refractivity contribution in [1.29, 1.82) is 0 Å². The molecule has 0 spiro atoms. The van der Waals surface area contributed by atoms with Crippen LogP contribution in [-0.2, 0) is 16.0 Å². The minimum atomic E-state index is -0.261. The number of hydrogen-bond donors (Lipinski definition) is 3. The second kappa shape index (κ2) is 27.5. The normalized spacial score (nSPS) is 20.0. The zero-order chi connectivity index (χ0) is 32.3. The molecule has 1 heterocycles. The third-order valence-corrected chi connectivity index (χ3v) is 6.74. The maximum absolute atomic E-state index is 13.0. The number of halogens is 1. The van der Waals surface area contributed by atoms with Gasteiger partial charge in [0.2, 0.25) is 11.8 Å². The molecule has 0 saturated heterocycles. The highest BCUT2D eigenvalue weighted by molar-refractivity contribution is 6.18. The van der Waals surface area contributed by atoms with E-state index in [4.69, 9.17) is 16.3 Å². The molecule has 1 aliphatic heterocycles. The smallest absolute Gasteiger partial charge is 0.239 e. The maximum Gasteiger partial charge on any atom is 0.239 e. The number of rotatable bonds is 4. The summed E-state index contributed by atoms with van der Waals surface area (Å²) in [6.45, 7) is 20.9. The largest absolute Gasteiger partial charge is 0.489 e. The molecule has 2 rings (SSSR count). The maximum atomic E-state index is 13.0. The Labute approximate surface area is 262 Å². The fourth-order valence-electron chi connectivity index (χ4n) is 3.84. The van der Waals surface area contributed by atoms with Crippen LogP contribution in [0.2, 0.25) is 0 Å². The van der Waals surface area contributed by atoms with Gasteiger partial charge in [0.25, 0.3) is 0 Å². The number of allylic oxidation sites excluding steroid dienone is 4. The highest BCUT2D eigenvalue weighted by Crippen LogP contribution is 2.21. The summed E-state index contributed by atoms with van der Waals surface area (Å²) in [5, 5.41) is 9.51. The van der Waals surface area contributed by atoms with Gasteiger partial charge in [-0.3, -0.25) is 9.59 Å². The Morgan fingerprint density at radius 3 is 2.45 bits per heavy atom. The number of hydrogen-bond acceptors (Lipinski definition) is 5. The molecule has 7 nitrogen and oxygen atoms in total. The van der Waals surface area contributed by atoms with Crippen LogP contribution in [0.1, 0.15) is 80.7 Å². The van der Waals surface area contributed by atoms with Crippen LogP contribution in [0.5, 0.6) is 5.75 Å². The lowest BCUT2D eigenvalue weighted by atomic mass is 9.97. The Morgan fingerprint density at radius 1 is 1.17 bits per heavy atom. The van der Waals surface area contributed by atoms with Crippen molar-refractivity contribution in [2.45, 2.75) is 93.7 Å². The number of aryl methyl sites for hydroxylation is 1. The summed E-state index contributed by atoms with van der Waals surface area (Å²) in [5.74, 6) is 1.73. The molecule has 2 amide bonds. The van der Waals surface area contributed by atoms with Crippen molar-refractivity contribution in [3.8, 4) is 5.75 Å². The predicted molar refractivity (Wildman–Crippen MR) is 182 cm³/mol. The standard InChI is InChI=1S/C23H38N4O3.C7H11Cl.2C2H6/c1-5-17(2)22-23(29)27(4)14-13-24-16-21(28)25-12-8-10-19-9-6-7-11-20(19)30-18(3)15-26-22;1-3-7(2)5-4-6-8;2*1-2/h6-7,9,11,17-18,22,24,26H,5,8,10,12-16H2,1-4H3,(H,25,28);3-5H,6H2,1-2H3;2*1-2H3/b;5-4-,7-3-;;/t17?,18-,22?;;;/m1.../s1. The Kier molecular flexibility index (Phi) is 27.3. The number of likely N-dealkylation sites (N-methyl/N-ethyl adjacent to an activating group) is 1. The number of amides is 2. The van der Waals surface area contributed by atoms with Gasteiger partial charge in [-0.05, 0) is 51.2 Å². The summed E-state index contributed by atoms with van der Waals surface area (Å²) in [4.78, 5) is 26.8. The second-order valence-electron chi connectivity index (χ2n) is 9.79. The van der Waals surface area contributed by atoms with Crippen molar-refractivity contribution in [2.24, 2.45) is 5.92 Å². The number of alkyl halides is 1. The minimum Gasteiger partial charge on any atom is -0.489 e. The lowest BCUT2D eigenvalue weighted by Crippen LogP contribution is -2.51. The number of para-hydroxylation sites is 1. The molecule has 0 bridgehead atoms. The van der Waals surface area contributed by atoms with Gasteiger partial charge in [0, 0.05) is 39.1 Å². The molecule has 1 aromatic rings. The van der Waals surface area contributed by atoms with Crippen molar-refractivity contribution in [3.63, 3.8) is 0 Å². The first kappa shape index (κ1) is 41.8. The van der Waals surface area contributed by atoms with Crippen LogP contribution in [-0.4, -0.2) is 74.5 Å². The minimum absolute atomic E-state index is 0.0256. The summed E-state index contributed by atoms with van der Waals surface area (Å²) in [5.41, 5.74) is 2.39. The van der Waals surface area contributed by atoms with Crippen molar-refractivity contribution in [1.82, 2.24) is 20.9 Å². The van der Waals surface area contributed by atoms with E-state index >= 15 is 0 Å². The fourth-order valence-corrected chi connectivity index (χ4v) is 3.93. The van der Waals surface area contributed by atoms with Crippen LogP contribution in [0.25, 0.3) is 0 Å². The number of benzene rings is 1. The second-order valence-corrected chi connectivity index (χ2v) is 10.1. The molecule has 3 atom stereocenters. The lowest BCUT2D eigenvalue weighted by molar-refractivity contribution is -0.133. The molecule has 2 unspecified atom stereocenters. The predicted octanol–water partition coefficient (Wildman–Crippen LogP) is 6.37. The molecule has 42 heavy (non-hydrogen) atoms. The topological polar surface area (TPSA) is 82.7 Å². The van der Waals surface area contributed by atoms with Crippen molar-refractivity contribution in [2.75, 3.05) is 45.7 Å². The molecule has 242 valence electrons. The molecular formula is C34H61ClN4O3. The van der Waals surface area contributed by atoms with E-state index in [9.17, 15) is 9.59 Å². The molecule has 0 saturated carbocycles. The quantitative estimate of drug-likeness (QED) is 0.273. The van der Waals surface area contributed by atoms with Gasteiger partial charge in [0.15, 0.2) is 0 Å². The van der Waals surface area contributed by atoms with Crippen LogP contribution in [0, 0.1) is 5.92 Å². The number of carbonyl (C=O) groups is 2. The molecule has 0 radical (unpaired) electrons. The third-order valence-electron chi connectivity index (χ3n) is 6.56. The Hall–Kier alpha value is -2.35. The van der Waals surface area contributed by atoms with Crippen molar-refractivity contribution < 1.29 is 14.3 Å². The summed E-state index contributed by atoms with van der Waals surface area (Å²) in [7, 11) is 1.82.